The van der Waals surface area contributed by atoms with Crippen LogP contribution in [0.3, 0.4) is 0 Å². The van der Waals surface area contributed by atoms with Gasteiger partial charge in [-0.15, -0.1) is 0 Å². The van der Waals surface area contributed by atoms with E-state index in [2.05, 4.69) is 27.7 Å². The average molecular weight is 252 g/mol. The predicted octanol–water partition coefficient (Wildman–Crippen LogP) is 4.04. The molecule has 2 rings (SSSR count). The van der Waals surface area contributed by atoms with Crippen molar-refractivity contribution in [1.29, 1.82) is 0 Å². The molecular formula is C16H28O2. The molecular weight excluding hydrogens is 224 g/mol. The summed E-state index contributed by atoms with van der Waals surface area (Å²) in [5.74, 6) is 1.30. The third-order valence-corrected chi connectivity index (χ3v) is 5.97. The summed E-state index contributed by atoms with van der Waals surface area (Å²) < 4.78 is 5.18. The van der Waals surface area contributed by atoms with Gasteiger partial charge in [-0.3, -0.25) is 4.79 Å². The lowest BCUT2D eigenvalue weighted by atomic mass is 9.66. The van der Waals surface area contributed by atoms with Crippen LogP contribution < -0.4 is 0 Å². The van der Waals surface area contributed by atoms with Crippen LogP contribution in [0.25, 0.3) is 0 Å². The summed E-state index contributed by atoms with van der Waals surface area (Å²) in [5, 5.41) is 0. The molecule has 0 heterocycles. The summed E-state index contributed by atoms with van der Waals surface area (Å²) in [7, 11) is 0. The van der Waals surface area contributed by atoms with Crippen molar-refractivity contribution in [2.75, 3.05) is 6.61 Å². The van der Waals surface area contributed by atoms with E-state index in [1.807, 2.05) is 6.92 Å². The highest BCUT2D eigenvalue weighted by Gasteiger charge is 2.57. The maximum Gasteiger partial charge on any atom is 0.309 e. The first-order valence-electron chi connectivity index (χ1n) is 7.49. The van der Waals surface area contributed by atoms with Gasteiger partial charge in [-0.1, -0.05) is 34.1 Å². The molecule has 2 saturated carbocycles. The van der Waals surface area contributed by atoms with E-state index in [1.165, 1.54) is 25.7 Å². The summed E-state index contributed by atoms with van der Waals surface area (Å²) in [5.41, 5.74) is 0.835. The van der Waals surface area contributed by atoms with Crippen LogP contribution in [-0.4, -0.2) is 12.6 Å². The second kappa shape index (κ2) is 4.54. The van der Waals surface area contributed by atoms with Gasteiger partial charge in [0.05, 0.1) is 12.5 Å². The van der Waals surface area contributed by atoms with Crippen LogP contribution in [0.2, 0.25) is 0 Å². The van der Waals surface area contributed by atoms with E-state index in [0.29, 0.717) is 29.3 Å². The number of carbonyl (C=O) groups is 1. The Morgan fingerprint density at radius 3 is 2.44 bits per heavy atom. The van der Waals surface area contributed by atoms with Gasteiger partial charge in [0.1, 0.15) is 0 Å². The van der Waals surface area contributed by atoms with Crippen molar-refractivity contribution in [3.8, 4) is 0 Å². The molecule has 4 atom stereocenters. The Hall–Kier alpha value is -0.530. The van der Waals surface area contributed by atoms with Gasteiger partial charge >= 0.3 is 5.97 Å². The SMILES string of the molecule is CCOC(=O)C1C(C)C1CC1(C)CCCC1(C)C. The maximum absolute atomic E-state index is 11.8. The largest absolute Gasteiger partial charge is 0.466 e. The smallest absolute Gasteiger partial charge is 0.309 e. The standard InChI is InChI=1S/C16H28O2/c1-6-18-14(17)13-11(2)12(13)10-16(5)9-7-8-15(16,3)4/h11-13H,6-10H2,1-5H3. The quantitative estimate of drug-likeness (QED) is 0.706. The first-order valence-corrected chi connectivity index (χ1v) is 7.49. The van der Waals surface area contributed by atoms with Crippen molar-refractivity contribution in [3.63, 3.8) is 0 Å². The van der Waals surface area contributed by atoms with Crippen molar-refractivity contribution in [1.82, 2.24) is 0 Å². The van der Waals surface area contributed by atoms with E-state index < -0.39 is 0 Å². The summed E-state index contributed by atoms with van der Waals surface area (Å²) in [6.07, 6.45) is 5.19. The highest BCUT2D eigenvalue weighted by molar-refractivity contribution is 5.76. The van der Waals surface area contributed by atoms with Gasteiger partial charge in [0.2, 0.25) is 0 Å². The molecule has 18 heavy (non-hydrogen) atoms. The molecule has 0 aromatic heterocycles. The molecule has 2 heteroatoms. The molecule has 0 aromatic rings. The lowest BCUT2D eigenvalue weighted by molar-refractivity contribution is -0.145. The van der Waals surface area contributed by atoms with Gasteiger partial charge < -0.3 is 4.74 Å². The molecule has 0 bridgehead atoms. The molecule has 2 nitrogen and oxygen atoms in total. The van der Waals surface area contributed by atoms with Crippen LogP contribution in [-0.2, 0) is 9.53 Å². The molecule has 0 saturated heterocycles. The minimum atomic E-state index is 0.0365. The highest BCUT2D eigenvalue weighted by Crippen LogP contribution is 2.61. The fourth-order valence-corrected chi connectivity index (χ4v) is 3.95. The molecule has 2 fully saturated rings. The molecule has 0 amide bonds. The average Bonchev–Trinajstić information content (AvgIpc) is 2.79. The van der Waals surface area contributed by atoms with Crippen LogP contribution in [0.4, 0.5) is 0 Å². The number of ether oxygens (including phenoxy) is 1. The first-order chi connectivity index (χ1) is 8.32. The zero-order valence-corrected chi connectivity index (χ0v) is 12.6. The fourth-order valence-electron chi connectivity index (χ4n) is 3.95. The van der Waals surface area contributed by atoms with E-state index >= 15 is 0 Å². The van der Waals surface area contributed by atoms with Gasteiger partial charge in [0, 0.05) is 0 Å². The summed E-state index contributed by atoms with van der Waals surface area (Å²) in [6, 6.07) is 0. The zero-order chi connectivity index (χ0) is 13.6. The fraction of sp³-hybridized carbons (Fsp3) is 0.938. The number of rotatable bonds is 4. The van der Waals surface area contributed by atoms with Crippen LogP contribution in [0.1, 0.15) is 60.3 Å². The van der Waals surface area contributed by atoms with E-state index in [4.69, 9.17) is 4.74 Å². The molecule has 0 aromatic carbocycles. The normalized spacial score (nSPS) is 41.7. The van der Waals surface area contributed by atoms with Gasteiger partial charge in [0.25, 0.3) is 0 Å². The third kappa shape index (κ3) is 2.19. The Labute approximate surface area is 111 Å². The number of hydrogen-bond acceptors (Lipinski definition) is 2. The lowest BCUT2D eigenvalue weighted by Gasteiger charge is -2.39. The minimum Gasteiger partial charge on any atom is -0.466 e. The molecule has 0 N–H and O–H groups in total. The number of esters is 1. The highest BCUT2D eigenvalue weighted by atomic mass is 16.5. The summed E-state index contributed by atoms with van der Waals surface area (Å²) in [4.78, 5) is 11.8. The number of carbonyl (C=O) groups excluding carboxylic acids is 1. The molecule has 0 spiro atoms. The van der Waals surface area contributed by atoms with Gasteiger partial charge in [0.15, 0.2) is 0 Å². The topological polar surface area (TPSA) is 26.3 Å². The first kappa shape index (κ1) is 13.9. The van der Waals surface area contributed by atoms with Gasteiger partial charge in [-0.25, -0.2) is 0 Å². The Morgan fingerprint density at radius 1 is 1.28 bits per heavy atom. The van der Waals surface area contributed by atoms with Crippen LogP contribution in [0.5, 0.6) is 0 Å². The van der Waals surface area contributed by atoms with E-state index in [1.54, 1.807) is 0 Å². The third-order valence-electron chi connectivity index (χ3n) is 5.97. The molecule has 0 radical (unpaired) electrons. The van der Waals surface area contributed by atoms with Crippen molar-refractivity contribution in [2.45, 2.75) is 60.3 Å². The Bertz CT molecular complexity index is 334. The Kier molecular flexibility index (Phi) is 3.50. The van der Waals surface area contributed by atoms with Crippen LogP contribution >= 0.6 is 0 Å². The Balaban J connectivity index is 1.97. The van der Waals surface area contributed by atoms with Crippen molar-refractivity contribution < 1.29 is 9.53 Å². The van der Waals surface area contributed by atoms with Gasteiger partial charge in [-0.05, 0) is 48.9 Å². The summed E-state index contributed by atoms with van der Waals surface area (Å²) in [6.45, 7) is 11.8. The van der Waals surface area contributed by atoms with Crippen molar-refractivity contribution in [3.05, 3.63) is 0 Å². The second-order valence-electron chi connectivity index (χ2n) is 7.30. The lowest BCUT2D eigenvalue weighted by Crippen LogP contribution is -2.30. The molecule has 0 aliphatic heterocycles. The van der Waals surface area contributed by atoms with Gasteiger partial charge in [-0.2, -0.15) is 0 Å². The molecule has 2 aliphatic rings. The van der Waals surface area contributed by atoms with Crippen molar-refractivity contribution >= 4 is 5.97 Å². The molecule has 104 valence electrons. The monoisotopic (exact) mass is 252 g/mol. The minimum absolute atomic E-state index is 0.0365. The molecule has 4 unspecified atom stereocenters. The maximum atomic E-state index is 11.8. The van der Waals surface area contributed by atoms with E-state index in [0.717, 1.165) is 0 Å². The second-order valence-corrected chi connectivity index (χ2v) is 7.30. The molecule has 2 aliphatic carbocycles. The van der Waals surface area contributed by atoms with E-state index in [9.17, 15) is 4.79 Å². The summed E-state index contributed by atoms with van der Waals surface area (Å²) >= 11 is 0. The van der Waals surface area contributed by atoms with Crippen LogP contribution in [0, 0.1) is 28.6 Å². The van der Waals surface area contributed by atoms with Crippen molar-refractivity contribution in [2.24, 2.45) is 28.6 Å². The Morgan fingerprint density at radius 2 is 1.94 bits per heavy atom. The van der Waals surface area contributed by atoms with E-state index in [-0.39, 0.29) is 11.9 Å². The number of hydrogen-bond donors (Lipinski definition) is 0. The van der Waals surface area contributed by atoms with Crippen LogP contribution in [0.15, 0.2) is 0 Å². The zero-order valence-electron chi connectivity index (χ0n) is 12.6. The predicted molar refractivity (Wildman–Crippen MR) is 73.1 cm³/mol.